The van der Waals surface area contributed by atoms with Crippen LogP contribution in [0, 0.1) is 5.82 Å². The second-order valence-corrected chi connectivity index (χ2v) is 8.63. The van der Waals surface area contributed by atoms with Crippen LogP contribution in [-0.2, 0) is 10.0 Å². The molecule has 33 heavy (non-hydrogen) atoms. The molecule has 4 rings (SSSR count). The van der Waals surface area contributed by atoms with Gasteiger partial charge in [-0.25, -0.2) is 27.8 Å². The number of rotatable bonds is 6. The zero-order chi connectivity index (χ0) is 23.8. The molecule has 0 aromatic carbocycles. The predicted octanol–water partition coefficient (Wildman–Crippen LogP) is 2.42. The van der Waals surface area contributed by atoms with Crippen molar-refractivity contribution in [2.24, 2.45) is 0 Å². The molecular formula is C19H15ClFN7O4S. The summed E-state index contributed by atoms with van der Waals surface area (Å²) in [5.74, 6) is -1.64. The molecule has 0 unspecified atom stereocenters. The summed E-state index contributed by atoms with van der Waals surface area (Å²) in [6.07, 6.45) is 3.82. The van der Waals surface area contributed by atoms with Gasteiger partial charge in [0.05, 0.1) is 17.7 Å². The van der Waals surface area contributed by atoms with Gasteiger partial charge < -0.3 is 15.0 Å². The molecule has 4 aromatic rings. The predicted molar refractivity (Wildman–Crippen MR) is 120 cm³/mol. The molecule has 0 spiro atoms. The smallest absolute Gasteiger partial charge is 0.268 e. The van der Waals surface area contributed by atoms with E-state index in [4.69, 9.17) is 16.3 Å². The Kier molecular flexibility index (Phi) is 5.82. The summed E-state index contributed by atoms with van der Waals surface area (Å²) >= 11 is 5.85. The highest BCUT2D eigenvalue weighted by molar-refractivity contribution is 7.92. The van der Waals surface area contributed by atoms with Gasteiger partial charge in [0.15, 0.2) is 16.5 Å². The molecule has 0 bridgehead atoms. The summed E-state index contributed by atoms with van der Waals surface area (Å²) in [5.41, 5.74) is -0.632. The van der Waals surface area contributed by atoms with Crippen LogP contribution in [0.4, 0.5) is 16.2 Å². The van der Waals surface area contributed by atoms with E-state index in [1.54, 1.807) is 7.05 Å². The number of aromatic nitrogens is 5. The number of methoxy groups -OCH3 is 1. The highest BCUT2D eigenvalue weighted by Gasteiger charge is 2.25. The van der Waals surface area contributed by atoms with Crippen molar-refractivity contribution in [1.29, 1.82) is 0 Å². The van der Waals surface area contributed by atoms with Crippen LogP contribution in [0.1, 0.15) is 0 Å². The third-order valence-corrected chi connectivity index (χ3v) is 6.04. The topological polar surface area (TPSA) is 152 Å². The Balaban J connectivity index is 1.78. The number of halogens is 2. The van der Waals surface area contributed by atoms with Gasteiger partial charge in [0.1, 0.15) is 5.65 Å². The maximum absolute atomic E-state index is 15.3. The Morgan fingerprint density at radius 3 is 2.67 bits per heavy atom. The molecule has 0 fully saturated rings. The molecule has 4 aromatic heterocycles. The zero-order valence-electron chi connectivity index (χ0n) is 17.1. The lowest BCUT2D eigenvalue weighted by Crippen LogP contribution is -2.17. The van der Waals surface area contributed by atoms with E-state index in [0.717, 1.165) is 12.3 Å². The molecule has 0 aliphatic heterocycles. The van der Waals surface area contributed by atoms with E-state index in [1.165, 1.54) is 31.6 Å². The zero-order valence-corrected chi connectivity index (χ0v) is 18.6. The fraction of sp³-hybridized carbons (Fsp3) is 0.105. The van der Waals surface area contributed by atoms with E-state index in [-0.39, 0.29) is 27.7 Å². The lowest BCUT2D eigenvalue weighted by molar-refractivity contribution is 0.385. The summed E-state index contributed by atoms with van der Waals surface area (Å²) in [5, 5.41) is 3.22. The Bertz CT molecular complexity index is 1550. The van der Waals surface area contributed by atoms with Crippen LogP contribution in [-0.4, -0.2) is 47.5 Å². The average molecular weight is 492 g/mol. The van der Waals surface area contributed by atoms with Crippen LogP contribution in [0.3, 0.4) is 0 Å². The SMILES string of the molecule is CNc1ncc2cc(-c3ccnc(NS(=O)(=O)c4cc(Cl)cnc4OC)c3F)c(=O)[nH]c2n1. The number of sulfonamides is 1. The number of ether oxygens (including phenoxy) is 1. The summed E-state index contributed by atoms with van der Waals surface area (Å²) in [6.45, 7) is 0. The molecule has 14 heteroatoms. The Morgan fingerprint density at radius 2 is 1.94 bits per heavy atom. The van der Waals surface area contributed by atoms with E-state index >= 15 is 4.39 Å². The van der Waals surface area contributed by atoms with Crippen LogP contribution in [0.5, 0.6) is 5.88 Å². The average Bonchev–Trinajstić information content (AvgIpc) is 2.79. The van der Waals surface area contributed by atoms with Gasteiger partial charge in [-0.3, -0.25) is 9.52 Å². The number of anilines is 2. The third kappa shape index (κ3) is 4.27. The van der Waals surface area contributed by atoms with E-state index in [0.29, 0.717) is 11.3 Å². The number of fused-ring (bicyclic) bond motifs is 1. The first-order valence-electron chi connectivity index (χ1n) is 9.18. The van der Waals surface area contributed by atoms with Gasteiger partial charge in [0, 0.05) is 36.6 Å². The van der Waals surface area contributed by atoms with Crippen molar-refractivity contribution in [3.05, 3.63) is 58.0 Å². The largest absolute Gasteiger partial charge is 0.480 e. The second-order valence-electron chi connectivity index (χ2n) is 6.55. The number of aromatic amines is 1. The number of H-pyrrole nitrogens is 1. The monoisotopic (exact) mass is 491 g/mol. The molecule has 0 amide bonds. The van der Waals surface area contributed by atoms with Gasteiger partial charge in [-0.1, -0.05) is 11.6 Å². The molecule has 11 nitrogen and oxygen atoms in total. The van der Waals surface area contributed by atoms with E-state index in [1.807, 2.05) is 4.72 Å². The van der Waals surface area contributed by atoms with Gasteiger partial charge in [-0.05, 0) is 18.2 Å². The molecule has 0 radical (unpaired) electrons. The minimum Gasteiger partial charge on any atom is -0.480 e. The first kappa shape index (κ1) is 22.4. The molecule has 0 atom stereocenters. The van der Waals surface area contributed by atoms with Crippen LogP contribution < -0.4 is 20.3 Å². The maximum Gasteiger partial charge on any atom is 0.268 e. The fourth-order valence-corrected chi connectivity index (χ4v) is 4.35. The summed E-state index contributed by atoms with van der Waals surface area (Å²) in [4.78, 5) is 30.5. The maximum atomic E-state index is 15.3. The van der Waals surface area contributed by atoms with Crippen LogP contribution >= 0.6 is 11.6 Å². The summed E-state index contributed by atoms with van der Waals surface area (Å²) in [7, 11) is -1.54. The number of nitrogens with zero attached hydrogens (tertiary/aromatic N) is 4. The van der Waals surface area contributed by atoms with Crippen molar-refractivity contribution in [3.8, 4) is 17.0 Å². The summed E-state index contributed by atoms with van der Waals surface area (Å²) < 4.78 is 48.0. The van der Waals surface area contributed by atoms with E-state index in [2.05, 4.69) is 30.2 Å². The van der Waals surface area contributed by atoms with E-state index < -0.39 is 32.1 Å². The molecule has 0 aliphatic carbocycles. The highest BCUT2D eigenvalue weighted by Crippen LogP contribution is 2.29. The van der Waals surface area contributed by atoms with Gasteiger partial charge in [0.25, 0.3) is 15.6 Å². The van der Waals surface area contributed by atoms with Crippen molar-refractivity contribution in [3.63, 3.8) is 0 Å². The first-order valence-corrected chi connectivity index (χ1v) is 11.0. The van der Waals surface area contributed by atoms with Crippen molar-refractivity contribution in [2.45, 2.75) is 4.90 Å². The van der Waals surface area contributed by atoms with Gasteiger partial charge >= 0.3 is 0 Å². The molecular weight excluding hydrogens is 477 g/mol. The van der Waals surface area contributed by atoms with Crippen molar-refractivity contribution >= 4 is 44.4 Å². The molecule has 0 saturated carbocycles. The lowest BCUT2D eigenvalue weighted by atomic mass is 10.1. The van der Waals surface area contributed by atoms with Crippen molar-refractivity contribution < 1.29 is 17.5 Å². The minimum atomic E-state index is -4.39. The summed E-state index contributed by atoms with van der Waals surface area (Å²) in [6, 6.07) is 3.74. The minimum absolute atomic E-state index is 0.0321. The lowest BCUT2D eigenvalue weighted by Gasteiger charge is -2.12. The standard InChI is InChI=1S/C19H15ClFN7O4S/c1-22-19-25-7-9-5-12(17(29)26-15(9)27-19)11-3-4-23-16(14(11)21)28-33(30,31)13-6-10(20)8-24-18(13)32-2/h3-8H,1-2H3,(H,23,28)(H2,22,25,26,27,29). The van der Waals surface area contributed by atoms with Gasteiger partial charge in [-0.15, -0.1) is 0 Å². The van der Waals surface area contributed by atoms with Gasteiger partial charge in [-0.2, -0.15) is 4.98 Å². The number of nitrogens with one attached hydrogen (secondary N) is 3. The Morgan fingerprint density at radius 1 is 1.15 bits per heavy atom. The van der Waals surface area contributed by atoms with E-state index in [9.17, 15) is 13.2 Å². The number of pyridine rings is 3. The van der Waals surface area contributed by atoms with Crippen LogP contribution in [0.15, 0.2) is 46.5 Å². The van der Waals surface area contributed by atoms with Gasteiger partial charge in [0.2, 0.25) is 11.8 Å². The second kappa shape index (κ2) is 8.60. The van der Waals surface area contributed by atoms with Crippen molar-refractivity contribution in [1.82, 2.24) is 24.9 Å². The van der Waals surface area contributed by atoms with Crippen LogP contribution in [0.25, 0.3) is 22.2 Å². The molecule has 4 heterocycles. The molecule has 170 valence electrons. The fourth-order valence-electron chi connectivity index (χ4n) is 2.97. The third-order valence-electron chi connectivity index (χ3n) is 4.50. The molecule has 0 saturated heterocycles. The van der Waals surface area contributed by atoms with Crippen LogP contribution in [0.2, 0.25) is 5.02 Å². The Labute approximate surface area is 191 Å². The molecule has 3 N–H and O–H groups in total. The number of hydrogen-bond donors (Lipinski definition) is 3. The number of hydrogen-bond acceptors (Lipinski definition) is 9. The van der Waals surface area contributed by atoms with Crippen molar-refractivity contribution in [2.75, 3.05) is 24.2 Å². The Hall–Kier alpha value is -3.84. The first-order chi connectivity index (χ1) is 15.7. The molecule has 0 aliphatic rings. The quantitative estimate of drug-likeness (QED) is 0.369. The normalized spacial score (nSPS) is 11.4. The highest BCUT2D eigenvalue weighted by atomic mass is 35.5.